The lowest BCUT2D eigenvalue weighted by Gasteiger charge is -2.49. The fourth-order valence-electron chi connectivity index (χ4n) is 5.08. The van der Waals surface area contributed by atoms with Gasteiger partial charge in [-0.3, -0.25) is 24.3 Å². The first kappa shape index (κ1) is 22.6. The number of aromatic nitrogens is 1. The molecule has 6 rings (SSSR count). The van der Waals surface area contributed by atoms with E-state index in [-0.39, 0.29) is 17.7 Å². The number of nitrogens with zero attached hydrogens (tertiary/aromatic N) is 4. The lowest BCUT2D eigenvalue weighted by molar-refractivity contribution is -0.133. The van der Waals surface area contributed by atoms with Gasteiger partial charge in [-0.2, -0.15) is 0 Å². The summed E-state index contributed by atoms with van der Waals surface area (Å²) in [6.07, 6.45) is 1.78. The molecule has 2 saturated heterocycles. The van der Waals surface area contributed by atoms with E-state index in [1.807, 2.05) is 66.5 Å². The quantitative estimate of drug-likeness (QED) is 0.467. The minimum atomic E-state index is -0.675. The molecule has 0 aliphatic carbocycles. The number of thiophene rings is 1. The van der Waals surface area contributed by atoms with Crippen molar-refractivity contribution in [1.29, 1.82) is 0 Å². The SMILES string of the molecule is CN(Cc1cnc2ccccc2c1)C(=O)c1sc2ccccc2c1C(=O)N1CC2(C1)C(=O)NCN2C. The zero-order chi connectivity index (χ0) is 25.0. The van der Waals surface area contributed by atoms with Crippen LogP contribution >= 0.6 is 11.3 Å². The van der Waals surface area contributed by atoms with Crippen molar-refractivity contribution in [2.75, 3.05) is 33.9 Å². The third-order valence-corrected chi connectivity index (χ3v) is 8.40. The highest BCUT2D eigenvalue weighted by Gasteiger charge is 2.57. The molecule has 2 aliphatic heterocycles. The van der Waals surface area contributed by atoms with E-state index in [0.29, 0.717) is 36.7 Å². The van der Waals surface area contributed by atoms with Gasteiger partial charge in [0.05, 0.1) is 30.8 Å². The maximum absolute atomic E-state index is 13.7. The summed E-state index contributed by atoms with van der Waals surface area (Å²) in [7, 11) is 3.62. The predicted molar refractivity (Wildman–Crippen MR) is 139 cm³/mol. The maximum atomic E-state index is 13.7. The second kappa shape index (κ2) is 8.39. The van der Waals surface area contributed by atoms with Crippen molar-refractivity contribution in [3.8, 4) is 0 Å². The van der Waals surface area contributed by atoms with E-state index < -0.39 is 5.54 Å². The number of rotatable bonds is 4. The summed E-state index contributed by atoms with van der Waals surface area (Å²) in [5.41, 5.74) is 1.56. The molecule has 9 heteroatoms. The number of likely N-dealkylation sites (N-methyl/N-ethyl adjacent to an activating group) is 1. The van der Waals surface area contributed by atoms with Gasteiger partial charge in [0.1, 0.15) is 10.4 Å². The number of carbonyl (C=O) groups excluding carboxylic acids is 3. The highest BCUT2D eigenvalue weighted by molar-refractivity contribution is 7.21. The van der Waals surface area contributed by atoms with E-state index in [4.69, 9.17) is 0 Å². The number of pyridine rings is 1. The van der Waals surface area contributed by atoms with Gasteiger partial charge in [0.25, 0.3) is 11.8 Å². The predicted octanol–water partition coefficient (Wildman–Crippen LogP) is 2.94. The number of hydrogen-bond acceptors (Lipinski definition) is 6. The van der Waals surface area contributed by atoms with Crippen molar-refractivity contribution in [1.82, 2.24) is 25.0 Å². The fourth-order valence-corrected chi connectivity index (χ4v) is 6.27. The summed E-state index contributed by atoms with van der Waals surface area (Å²) in [6.45, 7) is 1.46. The summed E-state index contributed by atoms with van der Waals surface area (Å²) in [5, 5.41) is 4.63. The third-order valence-electron chi connectivity index (χ3n) is 7.24. The number of nitrogens with one attached hydrogen (secondary N) is 1. The number of benzene rings is 2. The normalized spacial score (nSPS) is 16.9. The molecule has 2 aliphatic rings. The smallest absolute Gasteiger partial charge is 0.264 e. The van der Waals surface area contributed by atoms with Crippen LogP contribution in [0.25, 0.3) is 21.0 Å². The van der Waals surface area contributed by atoms with Gasteiger partial charge in [-0.15, -0.1) is 11.3 Å². The molecule has 1 spiro atoms. The van der Waals surface area contributed by atoms with Gasteiger partial charge >= 0.3 is 0 Å². The Hall–Kier alpha value is -3.82. The average molecular weight is 500 g/mol. The number of carbonyl (C=O) groups is 3. The minimum absolute atomic E-state index is 0.0516. The number of hydrogen-bond donors (Lipinski definition) is 1. The van der Waals surface area contributed by atoms with Gasteiger partial charge < -0.3 is 15.1 Å². The molecule has 0 saturated carbocycles. The van der Waals surface area contributed by atoms with E-state index in [0.717, 1.165) is 26.6 Å². The number of likely N-dealkylation sites (tertiary alicyclic amines) is 1. The molecule has 4 aromatic rings. The number of fused-ring (bicyclic) bond motifs is 2. The Morgan fingerprint density at radius 2 is 1.89 bits per heavy atom. The van der Waals surface area contributed by atoms with Crippen LogP contribution in [0, 0.1) is 0 Å². The van der Waals surface area contributed by atoms with Gasteiger partial charge in [0, 0.05) is 35.3 Å². The molecule has 2 aromatic heterocycles. The molecule has 0 atom stereocenters. The molecule has 1 N–H and O–H groups in total. The molecule has 2 aromatic carbocycles. The second-order valence-electron chi connectivity index (χ2n) is 9.55. The molecule has 3 amide bonds. The Bertz CT molecular complexity index is 1540. The molecule has 0 unspecified atom stereocenters. The molecule has 0 radical (unpaired) electrons. The molecular formula is C27H25N5O3S. The van der Waals surface area contributed by atoms with Crippen molar-refractivity contribution in [3.63, 3.8) is 0 Å². The van der Waals surface area contributed by atoms with E-state index in [2.05, 4.69) is 10.3 Å². The zero-order valence-corrected chi connectivity index (χ0v) is 20.8. The fraction of sp³-hybridized carbons (Fsp3) is 0.259. The lowest BCUT2D eigenvalue weighted by Crippen LogP contribution is -2.71. The summed E-state index contributed by atoms with van der Waals surface area (Å²) in [5.74, 6) is -0.474. The van der Waals surface area contributed by atoms with Crippen LogP contribution in [0.2, 0.25) is 0 Å². The van der Waals surface area contributed by atoms with Crippen LogP contribution in [0.5, 0.6) is 0 Å². The topological polar surface area (TPSA) is 85.9 Å². The van der Waals surface area contributed by atoms with Crippen LogP contribution < -0.4 is 5.32 Å². The molecule has 4 heterocycles. The van der Waals surface area contributed by atoms with Gasteiger partial charge in [0.2, 0.25) is 5.91 Å². The Labute approximate surface area is 212 Å². The highest BCUT2D eigenvalue weighted by Crippen LogP contribution is 2.37. The van der Waals surface area contributed by atoms with Crippen molar-refractivity contribution < 1.29 is 14.4 Å². The monoisotopic (exact) mass is 499 g/mol. The average Bonchev–Trinajstić information content (AvgIpc) is 3.39. The first-order valence-corrected chi connectivity index (χ1v) is 12.6. The van der Waals surface area contributed by atoms with Gasteiger partial charge in [-0.05, 0) is 30.8 Å². The van der Waals surface area contributed by atoms with E-state index in [9.17, 15) is 14.4 Å². The highest BCUT2D eigenvalue weighted by atomic mass is 32.1. The molecular weight excluding hydrogens is 474 g/mol. The van der Waals surface area contributed by atoms with Crippen molar-refractivity contribution in [3.05, 3.63) is 76.8 Å². The Morgan fingerprint density at radius 3 is 2.67 bits per heavy atom. The molecule has 8 nitrogen and oxygen atoms in total. The Balaban J connectivity index is 1.29. The third kappa shape index (κ3) is 3.46. The largest absolute Gasteiger partial charge is 0.342 e. The van der Waals surface area contributed by atoms with Gasteiger partial charge in [-0.25, -0.2) is 0 Å². The van der Waals surface area contributed by atoms with Crippen LogP contribution in [0.4, 0.5) is 0 Å². The van der Waals surface area contributed by atoms with Crippen LogP contribution in [-0.2, 0) is 11.3 Å². The van der Waals surface area contributed by atoms with Crippen LogP contribution in [0.3, 0.4) is 0 Å². The lowest BCUT2D eigenvalue weighted by atomic mass is 9.87. The first-order valence-electron chi connectivity index (χ1n) is 11.8. The molecule has 182 valence electrons. The molecule has 36 heavy (non-hydrogen) atoms. The standard InChI is InChI=1S/C27H25N5O3S/c1-30(13-17-11-18-7-3-5-9-20(18)28-12-17)25(34)23-22(19-8-4-6-10-21(19)36-23)24(33)32-14-27(15-32)26(35)29-16-31(27)2/h3-12H,13-16H2,1-2H3,(H,29,35). The van der Waals surface area contributed by atoms with Crippen LogP contribution in [0.1, 0.15) is 25.6 Å². The number of para-hydroxylation sites is 1. The van der Waals surface area contributed by atoms with Crippen molar-refractivity contribution in [2.45, 2.75) is 12.1 Å². The zero-order valence-electron chi connectivity index (χ0n) is 20.0. The van der Waals surface area contributed by atoms with E-state index >= 15 is 0 Å². The maximum Gasteiger partial charge on any atom is 0.264 e. The minimum Gasteiger partial charge on any atom is -0.342 e. The van der Waals surface area contributed by atoms with E-state index in [1.54, 1.807) is 23.0 Å². The van der Waals surface area contributed by atoms with Crippen LogP contribution in [-0.4, -0.2) is 76.8 Å². The summed E-state index contributed by atoms with van der Waals surface area (Å²) in [4.78, 5) is 50.0. The van der Waals surface area contributed by atoms with Gasteiger partial charge in [0.15, 0.2) is 0 Å². The Kier molecular flexibility index (Phi) is 5.27. The number of amides is 3. The molecule has 0 bridgehead atoms. The molecule has 2 fully saturated rings. The van der Waals surface area contributed by atoms with Crippen molar-refractivity contribution >= 4 is 50.0 Å². The van der Waals surface area contributed by atoms with Gasteiger partial charge in [-0.1, -0.05) is 36.4 Å². The summed E-state index contributed by atoms with van der Waals surface area (Å²) in [6, 6.07) is 17.5. The second-order valence-corrected chi connectivity index (χ2v) is 10.6. The summed E-state index contributed by atoms with van der Waals surface area (Å²) >= 11 is 1.33. The van der Waals surface area contributed by atoms with Crippen LogP contribution in [0.15, 0.2) is 60.8 Å². The van der Waals surface area contributed by atoms with E-state index in [1.165, 1.54) is 11.3 Å². The first-order chi connectivity index (χ1) is 17.4. The van der Waals surface area contributed by atoms with Crippen molar-refractivity contribution in [2.24, 2.45) is 0 Å². The Morgan fingerprint density at radius 1 is 1.14 bits per heavy atom. The summed E-state index contributed by atoms with van der Waals surface area (Å²) < 4.78 is 0.885.